The topological polar surface area (TPSA) is 74.2 Å². The van der Waals surface area contributed by atoms with Gasteiger partial charge in [0.2, 0.25) is 11.8 Å². The van der Waals surface area contributed by atoms with Crippen LogP contribution in [0.25, 0.3) is 0 Å². The highest BCUT2D eigenvalue weighted by Gasteiger charge is 2.46. The average molecular weight is 429 g/mol. The van der Waals surface area contributed by atoms with Crippen molar-refractivity contribution < 1.29 is 14.4 Å². The number of carbonyl (C=O) groups is 2. The summed E-state index contributed by atoms with van der Waals surface area (Å²) in [7, 11) is 3.99. The predicted octanol–water partition coefficient (Wildman–Crippen LogP) is 2.57. The molecule has 0 spiro atoms. The Morgan fingerprint density at radius 2 is 2.03 bits per heavy atom. The highest BCUT2D eigenvalue weighted by Crippen LogP contribution is 2.38. The number of hydrogen-bond donors (Lipinski definition) is 1. The Morgan fingerprint density at radius 1 is 1.32 bits per heavy atom. The lowest BCUT2D eigenvalue weighted by Crippen LogP contribution is -2.56. The van der Waals surface area contributed by atoms with E-state index >= 15 is 0 Å². The molecule has 1 N–H and O–H groups in total. The Hall–Kier alpha value is -2.41. The van der Waals surface area contributed by atoms with E-state index in [1.807, 2.05) is 21.0 Å². The SMILES string of the molecule is CC(=O)N1CCC[C@](C[C@@H]2CC(c3ccc(C)cc3)=NO2)(C(=O)N[C@H](C)CN(C)C)C1. The summed E-state index contributed by atoms with van der Waals surface area (Å²) in [6.45, 7) is 7.55. The zero-order valence-corrected chi connectivity index (χ0v) is 19.5. The largest absolute Gasteiger partial charge is 0.392 e. The first-order valence-electron chi connectivity index (χ1n) is 11.2. The molecule has 1 fully saturated rings. The van der Waals surface area contributed by atoms with E-state index in [4.69, 9.17) is 4.84 Å². The van der Waals surface area contributed by atoms with Gasteiger partial charge in [-0.2, -0.15) is 0 Å². The predicted molar refractivity (Wildman–Crippen MR) is 122 cm³/mol. The van der Waals surface area contributed by atoms with Crippen LogP contribution in [0, 0.1) is 12.3 Å². The summed E-state index contributed by atoms with van der Waals surface area (Å²) >= 11 is 0. The van der Waals surface area contributed by atoms with Gasteiger partial charge in [-0.3, -0.25) is 9.59 Å². The zero-order valence-electron chi connectivity index (χ0n) is 19.5. The van der Waals surface area contributed by atoms with Crippen LogP contribution in [0.5, 0.6) is 0 Å². The molecule has 2 aliphatic heterocycles. The van der Waals surface area contributed by atoms with Gasteiger partial charge in [0.1, 0.15) is 6.10 Å². The second-order valence-corrected chi connectivity index (χ2v) is 9.50. The molecule has 170 valence electrons. The number of amides is 2. The molecule has 0 saturated carbocycles. The summed E-state index contributed by atoms with van der Waals surface area (Å²) in [4.78, 5) is 35.3. The van der Waals surface area contributed by atoms with Crippen molar-refractivity contribution >= 4 is 17.5 Å². The molecule has 7 nitrogen and oxygen atoms in total. The lowest BCUT2D eigenvalue weighted by atomic mass is 9.73. The lowest BCUT2D eigenvalue weighted by molar-refractivity contribution is -0.143. The molecular weight excluding hydrogens is 392 g/mol. The third kappa shape index (κ3) is 5.85. The fourth-order valence-electron chi connectivity index (χ4n) is 4.71. The van der Waals surface area contributed by atoms with Crippen LogP contribution in [0.4, 0.5) is 0 Å². The molecule has 0 bridgehead atoms. The number of oxime groups is 1. The second kappa shape index (κ2) is 9.81. The van der Waals surface area contributed by atoms with Gasteiger partial charge in [0.05, 0.1) is 11.1 Å². The van der Waals surface area contributed by atoms with Crippen molar-refractivity contribution in [3.8, 4) is 0 Å². The van der Waals surface area contributed by atoms with Gasteiger partial charge in [0.25, 0.3) is 0 Å². The Balaban J connectivity index is 1.73. The Morgan fingerprint density at radius 3 is 2.68 bits per heavy atom. The number of hydrogen-bond acceptors (Lipinski definition) is 5. The maximum Gasteiger partial charge on any atom is 0.228 e. The summed E-state index contributed by atoms with van der Waals surface area (Å²) in [6, 6.07) is 8.28. The Kier molecular flexibility index (Phi) is 7.36. The van der Waals surface area contributed by atoms with Crippen LogP contribution in [-0.2, 0) is 14.4 Å². The fraction of sp³-hybridized carbons (Fsp3) is 0.625. The number of likely N-dealkylation sites (tertiary alicyclic amines) is 1. The van der Waals surface area contributed by atoms with Crippen LogP contribution in [0.15, 0.2) is 29.4 Å². The van der Waals surface area contributed by atoms with Crippen molar-refractivity contribution in [2.75, 3.05) is 33.7 Å². The molecule has 7 heteroatoms. The first-order chi connectivity index (χ1) is 14.7. The minimum atomic E-state index is -0.659. The molecule has 0 radical (unpaired) electrons. The van der Waals surface area contributed by atoms with E-state index < -0.39 is 5.41 Å². The summed E-state index contributed by atoms with van der Waals surface area (Å²) in [5.41, 5.74) is 2.52. The molecule has 3 atom stereocenters. The average Bonchev–Trinajstić information content (AvgIpc) is 3.16. The molecule has 0 aliphatic carbocycles. The van der Waals surface area contributed by atoms with Crippen molar-refractivity contribution in [3.63, 3.8) is 0 Å². The molecule has 3 rings (SSSR count). The van der Waals surface area contributed by atoms with Crippen LogP contribution in [-0.4, -0.2) is 73.2 Å². The molecule has 2 aliphatic rings. The van der Waals surface area contributed by atoms with Gasteiger partial charge in [0.15, 0.2) is 0 Å². The van der Waals surface area contributed by atoms with Crippen LogP contribution < -0.4 is 5.32 Å². The van der Waals surface area contributed by atoms with E-state index in [0.717, 1.165) is 30.7 Å². The van der Waals surface area contributed by atoms with Crippen LogP contribution in [0.3, 0.4) is 0 Å². The van der Waals surface area contributed by atoms with Gasteiger partial charge in [-0.25, -0.2) is 0 Å². The minimum Gasteiger partial charge on any atom is -0.392 e. The normalized spacial score (nSPS) is 24.5. The van der Waals surface area contributed by atoms with Crippen molar-refractivity contribution in [1.82, 2.24) is 15.1 Å². The molecule has 0 aromatic heterocycles. The van der Waals surface area contributed by atoms with Crippen LogP contribution >= 0.6 is 0 Å². The molecule has 1 saturated heterocycles. The Bertz CT molecular complexity index is 821. The van der Waals surface area contributed by atoms with E-state index in [2.05, 4.69) is 46.6 Å². The number of piperidine rings is 1. The quantitative estimate of drug-likeness (QED) is 0.724. The van der Waals surface area contributed by atoms with Crippen molar-refractivity contribution in [2.45, 2.75) is 58.6 Å². The minimum absolute atomic E-state index is 0.0141. The second-order valence-electron chi connectivity index (χ2n) is 9.50. The van der Waals surface area contributed by atoms with E-state index in [1.165, 1.54) is 5.56 Å². The lowest BCUT2D eigenvalue weighted by Gasteiger charge is -2.42. The number of carbonyl (C=O) groups excluding carboxylic acids is 2. The first-order valence-corrected chi connectivity index (χ1v) is 11.2. The van der Waals surface area contributed by atoms with Gasteiger partial charge in [-0.15, -0.1) is 0 Å². The van der Waals surface area contributed by atoms with Gasteiger partial charge in [0, 0.05) is 45.4 Å². The molecule has 1 aromatic carbocycles. The third-order valence-electron chi connectivity index (χ3n) is 6.26. The maximum atomic E-state index is 13.5. The smallest absolute Gasteiger partial charge is 0.228 e. The third-order valence-corrected chi connectivity index (χ3v) is 6.26. The number of benzene rings is 1. The van der Waals surface area contributed by atoms with E-state index in [-0.39, 0.29) is 24.0 Å². The van der Waals surface area contributed by atoms with Crippen molar-refractivity contribution in [2.24, 2.45) is 10.6 Å². The standard InChI is InChI=1S/C24H36N4O3/c1-17-7-9-20(10-8-17)22-13-21(31-26-22)14-24(11-6-12-28(16-24)19(3)29)23(30)25-18(2)15-27(4)5/h7-10,18,21H,6,11-16H2,1-5H3,(H,25,30)/t18-,21+,24-/m1/s1. The number of nitrogens with one attached hydrogen (secondary N) is 1. The van der Waals surface area contributed by atoms with Crippen LogP contribution in [0.1, 0.15) is 50.7 Å². The molecule has 0 unspecified atom stereocenters. The van der Waals surface area contributed by atoms with Gasteiger partial charge < -0.3 is 20.0 Å². The molecule has 2 heterocycles. The summed E-state index contributed by atoms with van der Waals surface area (Å²) in [5.74, 6) is 0.0299. The zero-order chi connectivity index (χ0) is 22.6. The number of rotatable bonds is 7. The highest BCUT2D eigenvalue weighted by molar-refractivity contribution is 6.01. The number of aryl methyl sites for hydroxylation is 1. The molecule has 2 amide bonds. The summed E-state index contributed by atoms with van der Waals surface area (Å²) in [6.07, 6.45) is 2.62. The maximum absolute atomic E-state index is 13.5. The number of likely N-dealkylation sites (N-methyl/N-ethyl adjacent to an activating group) is 1. The Labute approximate surface area is 185 Å². The molecule has 1 aromatic rings. The van der Waals surface area contributed by atoms with E-state index in [1.54, 1.807) is 11.8 Å². The number of nitrogens with zero attached hydrogens (tertiary/aromatic N) is 3. The van der Waals surface area contributed by atoms with Gasteiger partial charge in [-0.05, 0) is 46.3 Å². The fourth-order valence-corrected chi connectivity index (χ4v) is 4.71. The van der Waals surface area contributed by atoms with Gasteiger partial charge in [-0.1, -0.05) is 35.0 Å². The molecular formula is C24H36N4O3. The van der Waals surface area contributed by atoms with E-state index in [0.29, 0.717) is 25.9 Å². The summed E-state index contributed by atoms with van der Waals surface area (Å²) < 4.78 is 0. The first kappa shape index (κ1) is 23.3. The summed E-state index contributed by atoms with van der Waals surface area (Å²) in [5, 5.41) is 7.52. The monoisotopic (exact) mass is 428 g/mol. The van der Waals surface area contributed by atoms with Crippen LogP contribution in [0.2, 0.25) is 0 Å². The van der Waals surface area contributed by atoms with Crippen molar-refractivity contribution in [1.29, 1.82) is 0 Å². The van der Waals surface area contributed by atoms with E-state index in [9.17, 15) is 9.59 Å². The van der Waals surface area contributed by atoms with Crippen molar-refractivity contribution in [3.05, 3.63) is 35.4 Å². The van der Waals surface area contributed by atoms with Gasteiger partial charge >= 0.3 is 0 Å². The highest BCUT2D eigenvalue weighted by atomic mass is 16.6. The molecule has 31 heavy (non-hydrogen) atoms.